The Labute approximate surface area is 90.0 Å². The first kappa shape index (κ1) is 11.5. The Morgan fingerprint density at radius 3 is 2.67 bits per heavy atom. The molecule has 82 valence electrons. The highest BCUT2D eigenvalue weighted by Gasteiger charge is 2.08. The van der Waals surface area contributed by atoms with Crippen LogP contribution in [-0.2, 0) is 6.54 Å². The summed E-state index contributed by atoms with van der Waals surface area (Å²) >= 11 is 0. The highest BCUT2D eigenvalue weighted by Crippen LogP contribution is 2.12. The molecule has 0 aliphatic carbocycles. The molecular weight excluding hydrogens is 190 g/mol. The van der Waals surface area contributed by atoms with Gasteiger partial charge in [-0.1, -0.05) is 23.8 Å². The van der Waals surface area contributed by atoms with E-state index < -0.39 is 0 Å². The molecule has 0 aromatic heterocycles. The number of carbonyl (C=O) groups is 1. The van der Waals surface area contributed by atoms with Crippen molar-refractivity contribution in [3.63, 3.8) is 0 Å². The first-order chi connectivity index (χ1) is 7.04. The fourth-order valence-electron chi connectivity index (χ4n) is 1.46. The molecule has 0 bridgehead atoms. The number of carbonyl (C=O) groups excluding carboxylic acids is 1. The molecule has 15 heavy (non-hydrogen) atoms. The van der Waals surface area contributed by atoms with Crippen LogP contribution in [0.25, 0.3) is 0 Å². The largest absolute Gasteiger partial charge is 0.331 e. The minimum atomic E-state index is -0.282. The van der Waals surface area contributed by atoms with Crippen LogP contribution in [0.3, 0.4) is 0 Å². The van der Waals surface area contributed by atoms with E-state index >= 15 is 0 Å². The summed E-state index contributed by atoms with van der Waals surface area (Å²) in [6.45, 7) is 4.65. The summed E-state index contributed by atoms with van der Waals surface area (Å²) < 4.78 is 0. The molecule has 0 spiro atoms. The van der Waals surface area contributed by atoms with Gasteiger partial charge < -0.3 is 4.90 Å². The summed E-state index contributed by atoms with van der Waals surface area (Å²) in [5.74, 6) is 5.05. The molecule has 1 rings (SSSR count). The van der Waals surface area contributed by atoms with Crippen molar-refractivity contribution in [2.45, 2.75) is 20.4 Å². The van der Waals surface area contributed by atoms with Crippen molar-refractivity contribution in [2.75, 3.05) is 7.05 Å². The van der Waals surface area contributed by atoms with Crippen LogP contribution in [0, 0.1) is 13.8 Å². The number of rotatable bonds is 2. The Kier molecular flexibility index (Phi) is 3.68. The maximum Gasteiger partial charge on any atom is 0.331 e. The van der Waals surface area contributed by atoms with Crippen molar-refractivity contribution in [2.24, 2.45) is 5.84 Å². The van der Waals surface area contributed by atoms with Gasteiger partial charge >= 0.3 is 6.03 Å². The van der Waals surface area contributed by atoms with E-state index in [4.69, 9.17) is 5.84 Å². The number of hydrazine groups is 1. The highest BCUT2D eigenvalue weighted by atomic mass is 16.2. The first-order valence-corrected chi connectivity index (χ1v) is 4.82. The van der Waals surface area contributed by atoms with Gasteiger partial charge in [0.25, 0.3) is 0 Å². The van der Waals surface area contributed by atoms with E-state index in [-0.39, 0.29) is 6.03 Å². The summed E-state index contributed by atoms with van der Waals surface area (Å²) in [5.41, 5.74) is 5.64. The molecule has 0 saturated heterocycles. The second-order valence-corrected chi connectivity index (χ2v) is 3.74. The van der Waals surface area contributed by atoms with E-state index in [0.29, 0.717) is 6.54 Å². The monoisotopic (exact) mass is 207 g/mol. The fraction of sp³-hybridized carbons (Fsp3) is 0.364. The Morgan fingerprint density at radius 1 is 1.47 bits per heavy atom. The molecule has 4 heteroatoms. The normalized spacial score (nSPS) is 9.87. The average Bonchev–Trinajstić information content (AvgIpc) is 2.20. The van der Waals surface area contributed by atoms with Crippen LogP contribution in [0.4, 0.5) is 4.79 Å². The van der Waals surface area contributed by atoms with Gasteiger partial charge in [0, 0.05) is 13.6 Å². The number of aryl methyl sites for hydroxylation is 2. The van der Waals surface area contributed by atoms with E-state index in [1.807, 2.05) is 26.0 Å². The predicted octanol–water partition coefficient (Wildman–Crippen LogP) is 1.32. The molecule has 0 atom stereocenters. The van der Waals surface area contributed by atoms with E-state index in [9.17, 15) is 4.79 Å². The van der Waals surface area contributed by atoms with Gasteiger partial charge in [0.15, 0.2) is 0 Å². The van der Waals surface area contributed by atoms with Crippen molar-refractivity contribution in [1.82, 2.24) is 10.3 Å². The van der Waals surface area contributed by atoms with Crippen LogP contribution in [0.1, 0.15) is 16.7 Å². The molecule has 0 radical (unpaired) electrons. The van der Waals surface area contributed by atoms with Gasteiger partial charge in [0.2, 0.25) is 0 Å². The van der Waals surface area contributed by atoms with Crippen LogP contribution < -0.4 is 11.3 Å². The lowest BCUT2D eigenvalue weighted by molar-refractivity contribution is 0.207. The predicted molar refractivity (Wildman–Crippen MR) is 60.1 cm³/mol. The second-order valence-electron chi connectivity index (χ2n) is 3.74. The lowest BCUT2D eigenvalue weighted by Gasteiger charge is -2.17. The zero-order valence-electron chi connectivity index (χ0n) is 9.37. The molecule has 0 heterocycles. The van der Waals surface area contributed by atoms with Crippen molar-refractivity contribution in [3.8, 4) is 0 Å². The molecular formula is C11H17N3O. The average molecular weight is 207 g/mol. The number of nitrogens with one attached hydrogen (secondary N) is 1. The molecule has 1 aromatic rings. The Morgan fingerprint density at radius 2 is 2.13 bits per heavy atom. The van der Waals surface area contributed by atoms with E-state index in [0.717, 1.165) is 5.56 Å². The summed E-state index contributed by atoms with van der Waals surface area (Å²) in [6.07, 6.45) is 0. The zero-order chi connectivity index (χ0) is 11.4. The second kappa shape index (κ2) is 4.79. The van der Waals surface area contributed by atoms with E-state index in [1.165, 1.54) is 16.0 Å². The smallest absolute Gasteiger partial charge is 0.322 e. The number of nitrogens with two attached hydrogens (primary N) is 1. The molecule has 3 N–H and O–H groups in total. The number of hydrogen-bond acceptors (Lipinski definition) is 2. The Balaban J connectivity index is 2.76. The minimum absolute atomic E-state index is 0.282. The standard InChI is InChI=1S/C11H17N3O/c1-8-4-5-10(9(2)6-8)7-14(3)11(15)13-12/h4-6H,7,12H2,1-3H3,(H,13,15). The van der Waals surface area contributed by atoms with Crippen LogP contribution in [-0.4, -0.2) is 18.0 Å². The van der Waals surface area contributed by atoms with Gasteiger partial charge in [-0.2, -0.15) is 0 Å². The van der Waals surface area contributed by atoms with Gasteiger partial charge in [0.05, 0.1) is 0 Å². The molecule has 0 unspecified atom stereocenters. The summed E-state index contributed by atoms with van der Waals surface area (Å²) in [6, 6.07) is 5.89. The quantitative estimate of drug-likeness (QED) is 0.436. The topological polar surface area (TPSA) is 58.4 Å². The van der Waals surface area contributed by atoms with Crippen LogP contribution in [0.5, 0.6) is 0 Å². The highest BCUT2D eigenvalue weighted by molar-refractivity contribution is 5.73. The van der Waals surface area contributed by atoms with Crippen molar-refractivity contribution < 1.29 is 4.79 Å². The van der Waals surface area contributed by atoms with Crippen LogP contribution in [0.2, 0.25) is 0 Å². The van der Waals surface area contributed by atoms with Gasteiger partial charge in [-0.25, -0.2) is 10.6 Å². The molecule has 0 aliphatic heterocycles. The summed E-state index contributed by atoms with van der Waals surface area (Å²) in [4.78, 5) is 12.7. The Hall–Kier alpha value is -1.55. The van der Waals surface area contributed by atoms with Crippen molar-refractivity contribution >= 4 is 6.03 Å². The molecule has 1 aromatic carbocycles. The first-order valence-electron chi connectivity index (χ1n) is 4.82. The minimum Gasteiger partial charge on any atom is -0.322 e. The number of nitrogens with zero attached hydrogens (tertiary/aromatic N) is 1. The summed E-state index contributed by atoms with van der Waals surface area (Å²) in [7, 11) is 1.71. The van der Waals surface area contributed by atoms with Crippen LogP contribution in [0.15, 0.2) is 18.2 Å². The number of hydrogen-bond donors (Lipinski definition) is 2. The van der Waals surface area contributed by atoms with Gasteiger partial charge in [-0.15, -0.1) is 0 Å². The van der Waals surface area contributed by atoms with Gasteiger partial charge in [-0.3, -0.25) is 5.43 Å². The maximum absolute atomic E-state index is 11.2. The lowest BCUT2D eigenvalue weighted by atomic mass is 10.1. The molecule has 0 fully saturated rings. The third-order valence-corrected chi connectivity index (χ3v) is 2.38. The fourth-order valence-corrected chi connectivity index (χ4v) is 1.46. The van der Waals surface area contributed by atoms with Gasteiger partial charge in [-0.05, 0) is 25.0 Å². The number of benzene rings is 1. The molecule has 4 nitrogen and oxygen atoms in total. The maximum atomic E-state index is 11.2. The van der Waals surface area contributed by atoms with Crippen molar-refractivity contribution in [3.05, 3.63) is 34.9 Å². The number of urea groups is 1. The third kappa shape index (κ3) is 2.95. The van der Waals surface area contributed by atoms with E-state index in [2.05, 4.69) is 11.5 Å². The lowest BCUT2D eigenvalue weighted by Crippen LogP contribution is -2.40. The van der Waals surface area contributed by atoms with Crippen molar-refractivity contribution in [1.29, 1.82) is 0 Å². The SMILES string of the molecule is Cc1ccc(CN(C)C(=O)NN)c(C)c1. The zero-order valence-corrected chi connectivity index (χ0v) is 9.37. The number of amides is 2. The molecule has 0 saturated carbocycles. The Bertz CT molecular complexity index is 363. The summed E-state index contributed by atoms with van der Waals surface area (Å²) in [5, 5.41) is 0. The van der Waals surface area contributed by atoms with Gasteiger partial charge in [0.1, 0.15) is 0 Å². The third-order valence-electron chi connectivity index (χ3n) is 2.38. The molecule has 2 amide bonds. The van der Waals surface area contributed by atoms with Crippen LogP contribution >= 0.6 is 0 Å². The van der Waals surface area contributed by atoms with E-state index in [1.54, 1.807) is 7.05 Å². The molecule has 0 aliphatic rings.